The van der Waals surface area contributed by atoms with E-state index in [-0.39, 0.29) is 0 Å². The van der Waals surface area contributed by atoms with Crippen molar-refractivity contribution in [2.24, 2.45) is 0 Å². The molecule has 0 aliphatic heterocycles. The molecule has 3 rings (SSSR count). The fourth-order valence-corrected chi connectivity index (χ4v) is 2.54. The Bertz CT molecular complexity index is 772. The third-order valence-electron chi connectivity index (χ3n) is 3.80. The van der Waals surface area contributed by atoms with E-state index in [1.165, 1.54) is 12.0 Å². The first kappa shape index (κ1) is 14.6. The van der Waals surface area contributed by atoms with Gasteiger partial charge in [0, 0.05) is 23.9 Å². The Hall–Kier alpha value is -2.36. The van der Waals surface area contributed by atoms with E-state index in [0.717, 1.165) is 41.3 Å². The van der Waals surface area contributed by atoms with E-state index in [4.69, 9.17) is 0 Å². The summed E-state index contributed by atoms with van der Waals surface area (Å²) in [7, 11) is 0. The zero-order chi connectivity index (χ0) is 15.5. The second kappa shape index (κ2) is 6.18. The number of hydrogen-bond acceptors (Lipinski definition) is 3. The molecule has 4 nitrogen and oxygen atoms in total. The second-order valence-corrected chi connectivity index (χ2v) is 5.72. The Morgan fingerprint density at radius 2 is 1.91 bits per heavy atom. The van der Waals surface area contributed by atoms with Gasteiger partial charge >= 0.3 is 0 Å². The lowest BCUT2D eigenvalue weighted by molar-refractivity contribution is 0.819. The Balaban J connectivity index is 2.04. The van der Waals surface area contributed by atoms with E-state index in [9.17, 15) is 0 Å². The Kier molecular flexibility index (Phi) is 4.09. The lowest BCUT2D eigenvalue weighted by atomic mass is 10.1. The van der Waals surface area contributed by atoms with Gasteiger partial charge in [0.15, 0.2) is 5.65 Å². The zero-order valence-electron chi connectivity index (χ0n) is 13.4. The van der Waals surface area contributed by atoms with Gasteiger partial charge in [0.25, 0.3) is 0 Å². The van der Waals surface area contributed by atoms with Crippen LogP contribution in [0.1, 0.15) is 31.0 Å². The zero-order valence-corrected chi connectivity index (χ0v) is 13.4. The quantitative estimate of drug-likeness (QED) is 0.716. The van der Waals surface area contributed by atoms with Crippen molar-refractivity contribution >= 4 is 11.5 Å². The minimum atomic E-state index is 0.905. The van der Waals surface area contributed by atoms with Gasteiger partial charge in [0.2, 0.25) is 0 Å². The first-order chi connectivity index (χ1) is 10.7. The maximum absolute atomic E-state index is 4.68. The van der Waals surface area contributed by atoms with Crippen LogP contribution in [-0.2, 0) is 0 Å². The summed E-state index contributed by atoms with van der Waals surface area (Å²) in [5, 5.41) is 7.99. The molecule has 1 N–H and O–H groups in total. The highest BCUT2D eigenvalue weighted by atomic mass is 15.3. The molecule has 114 valence electrons. The van der Waals surface area contributed by atoms with E-state index in [1.54, 1.807) is 0 Å². The highest BCUT2D eigenvalue weighted by Crippen LogP contribution is 2.26. The molecule has 2 aromatic heterocycles. The van der Waals surface area contributed by atoms with Crippen molar-refractivity contribution in [3.8, 4) is 11.1 Å². The van der Waals surface area contributed by atoms with Crippen LogP contribution in [0, 0.1) is 13.8 Å². The van der Waals surface area contributed by atoms with Crippen LogP contribution < -0.4 is 5.32 Å². The molecular formula is C18H22N4. The molecule has 0 aliphatic carbocycles. The minimum absolute atomic E-state index is 0.905. The molecule has 0 atom stereocenters. The summed E-state index contributed by atoms with van der Waals surface area (Å²) in [5.41, 5.74) is 5.38. The monoisotopic (exact) mass is 294 g/mol. The van der Waals surface area contributed by atoms with Crippen molar-refractivity contribution in [1.29, 1.82) is 0 Å². The predicted molar refractivity (Wildman–Crippen MR) is 91.3 cm³/mol. The molecule has 0 radical (unpaired) electrons. The van der Waals surface area contributed by atoms with Gasteiger partial charge in [-0.1, -0.05) is 43.2 Å². The molecule has 0 saturated heterocycles. The number of nitrogens with zero attached hydrogens (tertiary/aromatic N) is 3. The topological polar surface area (TPSA) is 42.2 Å². The average molecular weight is 294 g/mol. The molecule has 3 aromatic rings. The number of nitrogens with one attached hydrogen (secondary N) is 1. The van der Waals surface area contributed by atoms with Crippen LogP contribution in [0.25, 0.3) is 16.8 Å². The van der Waals surface area contributed by atoms with Crippen molar-refractivity contribution in [3.05, 3.63) is 47.8 Å². The summed E-state index contributed by atoms with van der Waals surface area (Å²) in [5.74, 6) is 1.01. The molecule has 0 unspecified atom stereocenters. The maximum Gasteiger partial charge on any atom is 0.165 e. The van der Waals surface area contributed by atoms with E-state index < -0.39 is 0 Å². The number of anilines is 1. The van der Waals surface area contributed by atoms with Gasteiger partial charge in [-0.25, -0.2) is 4.98 Å². The number of hydrogen-bond donors (Lipinski definition) is 1. The summed E-state index contributed by atoms with van der Waals surface area (Å²) >= 11 is 0. The fourth-order valence-electron chi connectivity index (χ4n) is 2.54. The van der Waals surface area contributed by atoms with Gasteiger partial charge in [0.05, 0.1) is 6.20 Å². The normalized spacial score (nSPS) is 11.0. The number of fused-ring (bicyclic) bond motifs is 1. The van der Waals surface area contributed by atoms with Gasteiger partial charge in [-0.15, -0.1) is 0 Å². The molecule has 1 aromatic carbocycles. The van der Waals surface area contributed by atoms with Crippen LogP contribution in [0.5, 0.6) is 0 Å². The summed E-state index contributed by atoms with van der Waals surface area (Å²) in [4.78, 5) is 4.68. The lowest BCUT2D eigenvalue weighted by Gasteiger charge is -2.09. The number of unbranched alkanes of at least 4 members (excludes halogenated alkanes) is 1. The average Bonchev–Trinajstić information content (AvgIpc) is 2.92. The second-order valence-electron chi connectivity index (χ2n) is 5.72. The maximum atomic E-state index is 4.68. The molecule has 0 bridgehead atoms. The van der Waals surface area contributed by atoms with Crippen LogP contribution in [0.15, 0.2) is 36.5 Å². The molecule has 22 heavy (non-hydrogen) atoms. The molecule has 0 saturated carbocycles. The molecule has 0 aliphatic rings. The number of aryl methyl sites for hydroxylation is 2. The van der Waals surface area contributed by atoms with E-state index in [2.05, 4.69) is 59.6 Å². The first-order valence-electron chi connectivity index (χ1n) is 7.85. The van der Waals surface area contributed by atoms with Gasteiger partial charge in [0.1, 0.15) is 5.82 Å². The summed E-state index contributed by atoms with van der Waals surface area (Å²) in [6.45, 7) is 7.27. The summed E-state index contributed by atoms with van der Waals surface area (Å²) in [6.07, 6.45) is 4.22. The van der Waals surface area contributed by atoms with Crippen LogP contribution in [0.3, 0.4) is 0 Å². The minimum Gasteiger partial charge on any atom is -0.370 e. The van der Waals surface area contributed by atoms with Crippen LogP contribution in [0.2, 0.25) is 0 Å². The highest BCUT2D eigenvalue weighted by molar-refractivity contribution is 5.78. The molecular weight excluding hydrogens is 272 g/mol. The molecule has 0 spiro atoms. The van der Waals surface area contributed by atoms with Crippen LogP contribution in [0.4, 0.5) is 5.82 Å². The Morgan fingerprint density at radius 1 is 1.14 bits per heavy atom. The number of aromatic nitrogens is 3. The van der Waals surface area contributed by atoms with E-state index >= 15 is 0 Å². The lowest BCUT2D eigenvalue weighted by Crippen LogP contribution is -2.07. The molecule has 0 amide bonds. The molecule has 4 heteroatoms. The number of benzene rings is 1. The summed E-state index contributed by atoms with van der Waals surface area (Å²) in [6, 6.07) is 10.5. The van der Waals surface area contributed by atoms with Crippen molar-refractivity contribution in [2.45, 2.75) is 33.6 Å². The van der Waals surface area contributed by atoms with Crippen LogP contribution >= 0.6 is 0 Å². The van der Waals surface area contributed by atoms with Gasteiger partial charge in [-0.3, -0.25) is 0 Å². The number of rotatable bonds is 5. The largest absolute Gasteiger partial charge is 0.370 e. The van der Waals surface area contributed by atoms with Gasteiger partial charge in [-0.2, -0.15) is 9.61 Å². The fraction of sp³-hybridized carbons (Fsp3) is 0.333. The Morgan fingerprint density at radius 3 is 2.64 bits per heavy atom. The van der Waals surface area contributed by atoms with Crippen molar-refractivity contribution in [1.82, 2.24) is 14.6 Å². The van der Waals surface area contributed by atoms with E-state index in [1.807, 2.05) is 17.6 Å². The molecule has 0 fully saturated rings. The Labute approximate surface area is 131 Å². The van der Waals surface area contributed by atoms with Crippen molar-refractivity contribution in [2.75, 3.05) is 11.9 Å². The standard InChI is InChI=1S/C18H22N4/c1-4-5-10-19-17-11-14(3)21-18-16(12-20-22(17)18)15-8-6-13(2)7-9-15/h6-9,11-12,19H,4-5,10H2,1-3H3. The smallest absolute Gasteiger partial charge is 0.165 e. The third-order valence-corrected chi connectivity index (χ3v) is 3.80. The van der Waals surface area contributed by atoms with E-state index in [0.29, 0.717) is 0 Å². The van der Waals surface area contributed by atoms with Gasteiger partial charge < -0.3 is 5.32 Å². The van der Waals surface area contributed by atoms with Crippen molar-refractivity contribution < 1.29 is 0 Å². The predicted octanol–water partition coefficient (Wildman–Crippen LogP) is 4.23. The highest BCUT2D eigenvalue weighted by Gasteiger charge is 2.11. The van der Waals surface area contributed by atoms with Gasteiger partial charge in [-0.05, 0) is 25.8 Å². The third kappa shape index (κ3) is 2.82. The molecule has 2 heterocycles. The first-order valence-corrected chi connectivity index (χ1v) is 7.85. The van der Waals surface area contributed by atoms with Crippen LogP contribution in [-0.4, -0.2) is 21.1 Å². The SMILES string of the molecule is CCCCNc1cc(C)nc2c(-c3ccc(C)cc3)cnn12. The summed E-state index contributed by atoms with van der Waals surface area (Å²) < 4.78 is 1.90. The van der Waals surface area contributed by atoms with Crippen molar-refractivity contribution in [3.63, 3.8) is 0 Å².